The second-order valence-electron chi connectivity index (χ2n) is 16.5. The van der Waals surface area contributed by atoms with Crippen LogP contribution < -0.4 is 5.32 Å². The number of methoxy groups -OCH3 is 2. The average Bonchev–Trinajstić information content (AvgIpc) is 4.11. The van der Waals surface area contributed by atoms with Crippen LogP contribution in [0.4, 0.5) is 9.59 Å². The fraction of sp³-hybridized carbons (Fsp3) is 0.477. The van der Waals surface area contributed by atoms with Crippen LogP contribution >= 0.6 is 23.5 Å². The minimum absolute atomic E-state index is 0.0518. The monoisotopic (exact) mass is 852 g/mol. The molecule has 14 nitrogen and oxygen atoms in total. The van der Waals surface area contributed by atoms with E-state index in [-0.39, 0.29) is 34.4 Å². The number of ether oxygens (including phenoxy) is 2. The Morgan fingerprint density at radius 1 is 0.767 bits per heavy atom. The molecule has 2 aliphatic carbocycles. The van der Waals surface area contributed by atoms with Crippen molar-refractivity contribution in [1.29, 1.82) is 0 Å². The van der Waals surface area contributed by atoms with Gasteiger partial charge in [-0.1, -0.05) is 64.1 Å². The summed E-state index contributed by atoms with van der Waals surface area (Å²) in [5, 5.41) is 2.15. The molecule has 2 aromatic carbocycles. The van der Waals surface area contributed by atoms with Gasteiger partial charge in [-0.25, -0.2) is 19.6 Å². The Balaban J connectivity index is 1.01. The van der Waals surface area contributed by atoms with E-state index >= 15 is 0 Å². The van der Waals surface area contributed by atoms with Gasteiger partial charge in [-0.2, -0.15) is 4.99 Å². The van der Waals surface area contributed by atoms with E-state index < -0.39 is 24.1 Å². The molecule has 3 N–H and O–H groups in total. The smallest absolute Gasteiger partial charge is 0.432 e. The number of fused-ring (bicyclic) bond motifs is 5. The molecular formula is C44H52N8O6S2. The second-order valence-corrected chi connectivity index (χ2v) is 18.9. The van der Waals surface area contributed by atoms with Gasteiger partial charge in [0.15, 0.2) is 0 Å². The fourth-order valence-electron chi connectivity index (χ4n) is 9.17. The van der Waals surface area contributed by atoms with Crippen LogP contribution in [-0.2, 0) is 19.1 Å². The molecule has 8 rings (SSSR count). The van der Waals surface area contributed by atoms with Gasteiger partial charge in [-0.05, 0) is 70.8 Å². The molecule has 2 bridgehead atoms. The Morgan fingerprint density at radius 2 is 1.33 bits per heavy atom. The molecule has 4 aromatic rings. The molecule has 4 aliphatic rings. The molecule has 2 saturated heterocycles. The van der Waals surface area contributed by atoms with Crippen molar-refractivity contribution in [3.63, 3.8) is 0 Å². The Morgan fingerprint density at radius 3 is 1.93 bits per heavy atom. The number of H-pyrrole nitrogens is 2. The maximum Gasteiger partial charge on any atom is 0.432 e. The predicted molar refractivity (Wildman–Crippen MR) is 234 cm³/mol. The molecule has 4 heterocycles. The first kappa shape index (κ1) is 41.6. The highest BCUT2D eigenvalue weighted by Gasteiger charge is 2.42. The van der Waals surface area contributed by atoms with Gasteiger partial charge in [-0.15, -0.1) is 23.5 Å². The number of alkyl carbamates (subject to hydrolysis) is 1. The fourth-order valence-corrected chi connectivity index (χ4v) is 11.6. The van der Waals surface area contributed by atoms with Crippen LogP contribution in [-0.4, -0.2) is 105 Å². The number of nitrogens with one attached hydrogen (secondary N) is 3. The number of hydrogen-bond donors (Lipinski definition) is 3. The molecule has 4 amide bonds. The van der Waals surface area contributed by atoms with Crippen molar-refractivity contribution < 1.29 is 28.7 Å². The lowest BCUT2D eigenvalue weighted by Gasteiger charge is -2.29. The highest BCUT2D eigenvalue weighted by molar-refractivity contribution is 8.00. The van der Waals surface area contributed by atoms with Crippen LogP contribution in [0.5, 0.6) is 0 Å². The van der Waals surface area contributed by atoms with E-state index in [1.165, 1.54) is 55.5 Å². The number of benzene rings is 2. The van der Waals surface area contributed by atoms with Crippen molar-refractivity contribution in [2.45, 2.75) is 75.6 Å². The molecule has 16 heteroatoms. The van der Waals surface area contributed by atoms with Crippen LogP contribution in [0.25, 0.3) is 33.6 Å². The van der Waals surface area contributed by atoms with Gasteiger partial charge in [0.25, 0.3) is 0 Å². The summed E-state index contributed by atoms with van der Waals surface area (Å²) in [4.78, 5) is 75.4. The number of carbonyl (C=O) groups is 4. The number of hydrogen-bond acceptors (Lipinski definition) is 10. The van der Waals surface area contributed by atoms with Crippen LogP contribution in [0, 0.1) is 17.8 Å². The maximum absolute atomic E-state index is 13.8. The van der Waals surface area contributed by atoms with Crippen LogP contribution in [0.15, 0.2) is 53.8 Å². The van der Waals surface area contributed by atoms with Crippen molar-refractivity contribution in [1.82, 2.24) is 35.1 Å². The third-order valence-corrected chi connectivity index (χ3v) is 14.7. The molecule has 1 saturated carbocycles. The van der Waals surface area contributed by atoms with Crippen molar-refractivity contribution in [2.24, 2.45) is 22.7 Å². The zero-order valence-electron chi connectivity index (χ0n) is 34.8. The molecule has 0 radical (unpaired) electrons. The highest BCUT2D eigenvalue weighted by atomic mass is 32.2. The Hall–Kier alpha value is -5.09. The second kappa shape index (κ2) is 17.5. The molecule has 316 valence electrons. The van der Waals surface area contributed by atoms with Crippen molar-refractivity contribution in [3.05, 3.63) is 71.6 Å². The first-order valence-electron chi connectivity index (χ1n) is 20.7. The van der Waals surface area contributed by atoms with Gasteiger partial charge in [0.2, 0.25) is 11.8 Å². The first-order chi connectivity index (χ1) is 29.0. The molecular weight excluding hydrogens is 801 g/mol. The molecule has 6 unspecified atom stereocenters. The van der Waals surface area contributed by atoms with Gasteiger partial charge in [0.1, 0.15) is 28.4 Å². The van der Waals surface area contributed by atoms with Gasteiger partial charge in [0.05, 0.1) is 43.9 Å². The Kier molecular flexibility index (Phi) is 12.1. The molecule has 0 spiro atoms. The normalized spacial score (nSPS) is 21.9. The standard InChI is InChI=1S/C44H52N8O6S2/c1-23(2)31(20-47-43(55)57-5)39(53)51-15-17-59-41(51)38-46-22-33(49-38)30-14-13-29(34-27-11-12-28(19-27)35(30)34)25-7-9-26(10-8-25)32-21-45-37(48-32)42-52(16-18-60-42)40(54)36(24(3)4)50-44(56)58-6/h7-10,13-14,20-24,27-28,31,36,41-42H,11-12,15-19H2,1-6H3,(H,45,48)(H,46,49)(H,50,56). The molecule has 3 fully saturated rings. The zero-order chi connectivity index (χ0) is 42.2. The lowest BCUT2D eigenvalue weighted by molar-refractivity contribution is -0.135. The summed E-state index contributed by atoms with van der Waals surface area (Å²) < 4.78 is 9.44. The Bertz CT molecular complexity index is 2290. The number of carbonyl (C=O) groups excluding carboxylic acids is 4. The summed E-state index contributed by atoms with van der Waals surface area (Å²) in [6.45, 7) is 8.85. The molecule has 2 aromatic heterocycles. The number of aromatic amines is 2. The summed E-state index contributed by atoms with van der Waals surface area (Å²) in [5.41, 5.74) is 9.24. The molecule has 60 heavy (non-hydrogen) atoms. The number of nitrogens with zero attached hydrogens (tertiary/aromatic N) is 5. The third-order valence-electron chi connectivity index (χ3n) is 12.3. The molecule has 6 atom stereocenters. The van der Waals surface area contributed by atoms with Gasteiger partial charge in [0, 0.05) is 36.4 Å². The average molecular weight is 853 g/mol. The molecule has 2 aliphatic heterocycles. The van der Waals surface area contributed by atoms with E-state index in [4.69, 9.17) is 14.7 Å². The number of aromatic nitrogens is 4. The quantitative estimate of drug-likeness (QED) is 0.125. The minimum Gasteiger partial charge on any atom is -0.453 e. The summed E-state index contributed by atoms with van der Waals surface area (Å²) >= 11 is 3.34. The zero-order valence-corrected chi connectivity index (χ0v) is 36.4. The highest BCUT2D eigenvalue weighted by Crippen LogP contribution is 2.58. The summed E-state index contributed by atoms with van der Waals surface area (Å²) in [6.07, 6.45) is 7.30. The van der Waals surface area contributed by atoms with Crippen molar-refractivity contribution in [3.8, 4) is 33.6 Å². The number of thioether (sulfide) groups is 2. The lowest BCUT2D eigenvalue weighted by atomic mass is 9.82. The summed E-state index contributed by atoms with van der Waals surface area (Å²) in [5.74, 6) is 3.04. The van der Waals surface area contributed by atoms with Crippen LogP contribution in [0.1, 0.15) is 92.3 Å². The number of aliphatic imine (C=N–C) groups is 1. The number of amides is 4. The largest absolute Gasteiger partial charge is 0.453 e. The van der Waals surface area contributed by atoms with E-state index in [1.54, 1.807) is 28.4 Å². The first-order valence-corrected chi connectivity index (χ1v) is 22.8. The summed E-state index contributed by atoms with van der Waals surface area (Å²) in [6, 6.07) is 12.4. The van der Waals surface area contributed by atoms with Crippen LogP contribution in [0.2, 0.25) is 0 Å². The van der Waals surface area contributed by atoms with Gasteiger partial charge >= 0.3 is 12.2 Å². The van der Waals surface area contributed by atoms with Crippen molar-refractivity contribution in [2.75, 3.05) is 38.8 Å². The van der Waals surface area contributed by atoms with Gasteiger partial charge in [-0.3, -0.25) is 9.59 Å². The van der Waals surface area contributed by atoms with E-state index in [0.717, 1.165) is 46.3 Å². The maximum atomic E-state index is 13.8. The topological polar surface area (TPSA) is 175 Å². The van der Waals surface area contributed by atoms with E-state index in [0.29, 0.717) is 30.7 Å². The predicted octanol–water partition coefficient (Wildman–Crippen LogP) is 8.14. The van der Waals surface area contributed by atoms with E-state index in [2.05, 4.69) is 61.4 Å². The van der Waals surface area contributed by atoms with E-state index in [9.17, 15) is 19.2 Å². The summed E-state index contributed by atoms with van der Waals surface area (Å²) in [7, 11) is 2.56. The SMILES string of the molecule is COC(=O)N=CC(C(=O)N1CCSC1c1ncc(-c2ccc(-c3ccc(-c4cnc(C5SCCN5C(=O)C(NC(=O)OC)C(C)C)[nH]4)cc3)c3c2C2CCC3C2)[nH]1)C(C)C. The van der Waals surface area contributed by atoms with Crippen LogP contribution in [0.3, 0.4) is 0 Å². The number of imidazole rings is 2. The minimum atomic E-state index is -0.722. The number of rotatable bonds is 11. The van der Waals surface area contributed by atoms with Gasteiger partial charge < -0.3 is 34.6 Å². The Labute approximate surface area is 358 Å². The van der Waals surface area contributed by atoms with E-state index in [1.807, 2.05) is 45.0 Å². The van der Waals surface area contributed by atoms with Crippen molar-refractivity contribution >= 4 is 53.7 Å². The third kappa shape index (κ3) is 7.95. The lowest BCUT2D eigenvalue weighted by Crippen LogP contribution is -2.51.